The third-order valence-corrected chi connectivity index (χ3v) is 2.70. The van der Waals surface area contributed by atoms with Gasteiger partial charge in [-0.15, -0.1) is 0 Å². The molecule has 17 heavy (non-hydrogen) atoms. The Balaban J connectivity index is 2.58. The Hall–Kier alpha value is -0.640. The summed E-state index contributed by atoms with van der Waals surface area (Å²) in [5.74, 6) is 1.51. The van der Waals surface area contributed by atoms with Gasteiger partial charge in [-0.1, -0.05) is 27.7 Å². The van der Waals surface area contributed by atoms with E-state index in [9.17, 15) is 0 Å². The first kappa shape index (κ1) is 14.4. The molecule has 0 saturated carbocycles. The lowest BCUT2D eigenvalue weighted by molar-refractivity contribution is 0.235. The van der Waals surface area contributed by atoms with Crippen molar-refractivity contribution >= 4 is 15.9 Å². The molecule has 96 valence electrons. The van der Waals surface area contributed by atoms with Gasteiger partial charge in [0.15, 0.2) is 0 Å². The fourth-order valence-electron chi connectivity index (χ4n) is 1.31. The first-order valence-corrected chi connectivity index (χ1v) is 6.86. The van der Waals surface area contributed by atoms with Crippen molar-refractivity contribution in [1.82, 2.24) is 9.97 Å². The fourth-order valence-corrected chi connectivity index (χ4v) is 1.71. The second-order valence-corrected chi connectivity index (χ2v) is 6.17. The summed E-state index contributed by atoms with van der Waals surface area (Å²) >= 11 is 3.38. The maximum Gasteiger partial charge on any atom is 0.217 e. The van der Waals surface area contributed by atoms with Crippen molar-refractivity contribution in [2.75, 3.05) is 6.61 Å². The van der Waals surface area contributed by atoms with Crippen LogP contribution in [0.3, 0.4) is 0 Å². The Morgan fingerprint density at radius 3 is 2.59 bits per heavy atom. The van der Waals surface area contributed by atoms with Crippen molar-refractivity contribution in [3.63, 3.8) is 0 Å². The molecule has 0 spiro atoms. The van der Waals surface area contributed by atoms with E-state index in [1.165, 1.54) is 0 Å². The molecule has 3 nitrogen and oxygen atoms in total. The van der Waals surface area contributed by atoms with E-state index in [1.807, 2.05) is 6.07 Å². The summed E-state index contributed by atoms with van der Waals surface area (Å²) in [6, 6.07) is 1.82. The lowest BCUT2D eigenvalue weighted by Crippen LogP contribution is -2.12. The van der Waals surface area contributed by atoms with Crippen LogP contribution in [0.25, 0.3) is 0 Å². The monoisotopic (exact) mass is 300 g/mol. The Morgan fingerprint density at radius 1 is 1.29 bits per heavy atom. The summed E-state index contributed by atoms with van der Waals surface area (Å²) in [4.78, 5) is 8.69. The van der Waals surface area contributed by atoms with Gasteiger partial charge in [-0.2, -0.15) is 4.98 Å². The van der Waals surface area contributed by atoms with Gasteiger partial charge < -0.3 is 4.74 Å². The van der Waals surface area contributed by atoms with Crippen molar-refractivity contribution in [1.29, 1.82) is 0 Å². The Kier molecular flexibility index (Phi) is 5.37. The van der Waals surface area contributed by atoms with Gasteiger partial charge in [-0.05, 0) is 34.2 Å². The third kappa shape index (κ3) is 6.01. The molecule has 0 atom stereocenters. The van der Waals surface area contributed by atoms with E-state index in [4.69, 9.17) is 4.74 Å². The predicted octanol–water partition coefficient (Wildman–Crippen LogP) is 4.01. The van der Waals surface area contributed by atoms with Crippen LogP contribution in [-0.4, -0.2) is 16.6 Å². The molecule has 0 aliphatic heterocycles. The molecule has 0 bridgehead atoms. The Labute approximate surface area is 112 Å². The standard InChI is InChI=1S/C13H21BrN2O/c1-5-6-11-15-10(14)9-12(16-11)17-8-7-13(2,3)4/h9H,5-8H2,1-4H3. The van der Waals surface area contributed by atoms with Crippen LogP contribution in [0.2, 0.25) is 0 Å². The van der Waals surface area contributed by atoms with Crippen molar-refractivity contribution in [2.45, 2.75) is 47.0 Å². The minimum atomic E-state index is 0.288. The number of ether oxygens (including phenoxy) is 1. The van der Waals surface area contributed by atoms with E-state index in [-0.39, 0.29) is 5.41 Å². The van der Waals surface area contributed by atoms with Gasteiger partial charge in [-0.25, -0.2) is 4.98 Å². The minimum absolute atomic E-state index is 0.288. The van der Waals surface area contributed by atoms with Crippen molar-refractivity contribution in [3.8, 4) is 5.88 Å². The second kappa shape index (κ2) is 6.34. The van der Waals surface area contributed by atoms with E-state index in [0.29, 0.717) is 12.5 Å². The topological polar surface area (TPSA) is 35.0 Å². The highest BCUT2D eigenvalue weighted by Gasteiger charge is 2.10. The highest BCUT2D eigenvalue weighted by Crippen LogP contribution is 2.20. The molecule has 1 heterocycles. The molecular formula is C13H21BrN2O. The zero-order chi connectivity index (χ0) is 12.9. The first-order valence-electron chi connectivity index (χ1n) is 6.07. The normalized spacial score (nSPS) is 11.6. The van der Waals surface area contributed by atoms with E-state index < -0.39 is 0 Å². The van der Waals surface area contributed by atoms with Crippen LogP contribution in [0.4, 0.5) is 0 Å². The highest BCUT2D eigenvalue weighted by molar-refractivity contribution is 9.10. The molecule has 0 unspecified atom stereocenters. The van der Waals surface area contributed by atoms with Crippen LogP contribution >= 0.6 is 15.9 Å². The number of nitrogens with zero attached hydrogens (tertiary/aromatic N) is 2. The van der Waals surface area contributed by atoms with Crippen molar-refractivity contribution in [2.24, 2.45) is 5.41 Å². The minimum Gasteiger partial charge on any atom is -0.478 e. The second-order valence-electron chi connectivity index (χ2n) is 5.35. The molecule has 0 aliphatic carbocycles. The van der Waals surface area contributed by atoms with Crippen LogP contribution in [0, 0.1) is 5.41 Å². The van der Waals surface area contributed by atoms with Gasteiger partial charge in [0.1, 0.15) is 10.4 Å². The van der Waals surface area contributed by atoms with E-state index in [1.54, 1.807) is 0 Å². The number of halogens is 1. The van der Waals surface area contributed by atoms with Crippen molar-refractivity contribution in [3.05, 3.63) is 16.5 Å². The molecule has 0 aromatic carbocycles. The number of aryl methyl sites for hydroxylation is 1. The van der Waals surface area contributed by atoms with Gasteiger partial charge in [0.05, 0.1) is 6.61 Å². The van der Waals surface area contributed by atoms with Crippen LogP contribution < -0.4 is 4.74 Å². The maximum atomic E-state index is 5.67. The zero-order valence-corrected chi connectivity index (χ0v) is 12.7. The van der Waals surface area contributed by atoms with Gasteiger partial charge in [-0.3, -0.25) is 0 Å². The number of rotatable bonds is 5. The van der Waals surface area contributed by atoms with Crippen molar-refractivity contribution < 1.29 is 4.74 Å². The smallest absolute Gasteiger partial charge is 0.217 e. The van der Waals surface area contributed by atoms with E-state index >= 15 is 0 Å². The van der Waals surface area contributed by atoms with Gasteiger partial charge in [0.25, 0.3) is 0 Å². The number of aromatic nitrogens is 2. The molecule has 0 fully saturated rings. The van der Waals surface area contributed by atoms with Crippen LogP contribution in [0.1, 0.15) is 46.4 Å². The average Bonchev–Trinajstić information content (AvgIpc) is 2.15. The summed E-state index contributed by atoms with van der Waals surface area (Å²) in [7, 11) is 0. The van der Waals surface area contributed by atoms with Gasteiger partial charge in [0.2, 0.25) is 5.88 Å². The molecule has 0 saturated heterocycles. The molecular weight excluding hydrogens is 280 g/mol. The summed E-state index contributed by atoms with van der Waals surface area (Å²) in [5, 5.41) is 0. The number of hydrogen-bond acceptors (Lipinski definition) is 3. The largest absolute Gasteiger partial charge is 0.478 e. The predicted molar refractivity (Wildman–Crippen MR) is 73.3 cm³/mol. The van der Waals surface area contributed by atoms with Crippen LogP contribution in [0.15, 0.2) is 10.7 Å². The summed E-state index contributed by atoms with van der Waals surface area (Å²) in [6.45, 7) is 9.42. The van der Waals surface area contributed by atoms with E-state index in [0.717, 1.165) is 29.7 Å². The van der Waals surface area contributed by atoms with Crippen LogP contribution in [-0.2, 0) is 6.42 Å². The number of hydrogen-bond donors (Lipinski definition) is 0. The summed E-state index contributed by atoms with van der Waals surface area (Å²) in [5.41, 5.74) is 0.288. The summed E-state index contributed by atoms with van der Waals surface area (Å²) in [6.07, 6.45) is 2.94. The molecule has 1 aromatic heterocycles. The maximum absolute atomic E-state index is 5.67. The molecule has 0 radical (unpaired) electrons. The van der Waals surface area contributed by atoms with Crippen LogP contribution in [0.5, 0.6) is 5.88 Å². The lowest BCUT2D eigenvalue weighted by Gasteiger charge is -2.17. The molecule has 0 aliphatic rings. The summed E-state index contributed by atoms with van der Waals surface area (Å²) < 4.78 is 6.46. The molecule has 0 amide bonds. The van der Waals surface area contributed by atoms with Gasteiger partial charge in [0, 0.05) is 12.5 Å². The highest BCUT2D eigenvalue weighted by atomic mass is 79.9. The Morgan fingerprint density at radius 2 is 2.00 bits per heavy atom. The Bertz CT molecular complexity index is 361. The zero-order valence-electron chi connectivity index (χ0n) is 11.1. The average molecular weight is 301 g/mol. The quantitative estimate of drug-likeness (QED) is 0.771. The fraction of sp³-hybridized carbons (Fsp3) is 0.692. The molecule has 1 rings (SSSR count). The van der Waals surface area contributed by atoms with Gasteiger partial charge >= 0.3 is 0 Å². The molecule has 0 N–H and O–H groups in total. The molecule has 4 heteroatoms. The first-order chi connectivity index (χ1) is 7.90. The van der Waals surface area contributed by atoms with E-state index in [2.05, 4.69) is 53.6 Å². The third-order valence-electron chi connectivity index (χ3n) is 2.29. The SMILES string of the molecule is CCCc1nc(Br)cc(OCCC(C)(C)C)n1. The lowest BCUT2D eigenvalue weighted by atomic mass is 9.93. The molecule has 1 aromatic rings.